The third-order valence-corrected chi connectivity index (χ3v) is 9.28. The van der Waals surface area contributed by atoms with Crippen LogP contribution in [-0.2, 0) is 24.8 Å². The minimum Gasteiger partial charge on any atom is -0.492 e. The van der Waals surface area contributed by atoms with Crippen LogP contribution < -0.4 is 14.4 Å². The maximum Gasteiger partial charge on any atom is 0.243 e. The van der Waals surface area contributed by atoms with Crippen molar-refractivity contribution in [3.8, 4) is 5.75 Å². The van der Waals surface area contributed by atoms with E-state index in [0.29, 0.717) is 24.5 Å². The summed E-state index contributed by atoms with van der Waals surface area (Å²) in [7, 11) is -7.14. The second kappa shape index (κ2) is 11.1. The molecule has 2 aromatic rings. The van der Waals surface area contributed by atoms with E-state index in [9.17, 15) is 21.6 Å². The fraction of sp³-hybridized carbons (Fsp3) is 0.409. The van der Waals surface area contributed by atoms with E-state index in [4.69, 9.17) is 4.74 Å². The molecule has 0 spiro atoms. The number of carbonyl (C=O) groups excluding carboxylic acids is 1. The summed E-state index contributed by atoms with van der Waals surface area (Å²) >= 11 is 3.38. The molecule has 1 saturated heterocycles. The van der Waals surface area contributed by atoms with Crippen molar-refractivity contribution in [1.82, 2.24) is 9.62 Å². The van der Waals surface area contributed by atoms with Crippen molar-refractivity contribution in [3.05, 3.63) is 52.5 Å². The van der Waals surface area contributed by atoms with Crippen molar-refractivity contribution in [3.63, 3.8) is 0 Å². The van der Waals surface area contributed by atoms with Gasteiger partial charge >= 0.3 is 0 Å². The highest BCUT2D eigenvalue weighted by Gasteiger charge is 2.27. The zero-order valence-corrected chi connectivity index (χ0v) is 22.2. The van der Waals surface area contributed by atoms with Gasteiger partial charge in [-0.15, -0.1) is 0 Å². The highest BCUT2D eigenvalue weighted by molar-refractivity contribution is 9.10. The van der Waals surface area contributed by atoms with E-state index in [1.54, 1.807) is 30.3 Å². The lowest BCUT2D eigenvalue weighted by Crippen LogP contribution is -2.41. The molecule has 0 bridgehead atoms. The van der Waals surface area contributed by atoms with Gasteiger partial charge in [-0.25, -0.2) is 16.8 Å². The molecule has 1 amide bonds. The van der Waals surface area contributed by atoms with Crippen LogP contribution in [0.15, 0.2) is 51.8 Å². The van der Waals surface area contributed by atoms with Crippen molar-refractivity contribution in [2.75, 3.05) is 43.3 Å². The lowest BCUT2D eigenvalue weighted by Gasteiger charge is -2.22. The van der Waals surface area contributed by atoms with Gasteiger partial charge in [0.1, 0.15) is 18.9 Å². The van der Waals surface area contributed by atoms with Crippen LogP contribution in [0.3, 0.4) is 0 Å². The standard InChI is InChI=1S/C22H28BrN3O6S2/c1-17-15-18(5-10-21(17)23)26(33(2,28)29)16-22(27)24-11-14-32-19-6-8-20(9-7-19)34(30,31)25-12-3-4-13-25/h5-10,15H,3-4,11-14,16H2,1-2H3,(H,24,27). The zero-order valence-electron chi connectivity index (χ0n) is 19.0. The Morgan fingerprint density at radius 1 is 1.09 bits per heavy atom. The second-order valence-corrected chi connectivity index (χ2v) is 12.7. The van der Waals surface area contributed by atoms with E-state index in [1.165, 1.54) is 16.4 Å². The molecular weight excluding hydrogens is 546 g/mol. The number of ether oxygens (including phenoxy) is 1. The fourth-order valence-electron chi connectivity index (χ4n) is 3.52. The number of anilines is 1. The molecule has 0 radical (unpaired) electrons. The number of nitrogens with zero attached hydrogens (tertiary/aromatic N) is 2. The third kappa shape index (κ3) is 6.71. The molecule has 2 aromatic carbocycles. The molecule has 12 heteroatoms. The van der Waals surface area contributed by atoms with Crippen molar-refractivity contribution >= 4 is 47.6 Å². The van der Waals surface area contributed by atoms with E-state index < -0.39 is 26.0 Å². The maximum atomic E-state index is 12.6. The van der Waals surface area contributed by atoms with Crippen LogP contribution in [0.1, 0.15) is 18.4 Å². The molecular formula is C22H28BrN3O6S2. The van der Waals surface area contributed by atoms with Gasteiger partial charge in [0.15, 0.2) is 0 Å². The molecule has 1 aliphatic heterocycles. The summed E-state index contributed by atoms with van der Waals surface area (Å²) < 4.78 is 58.5. The van der Waals surface area contributed by atoms with Gasteiger partial charge in [-0.2, -0.15) is 4.31 Å². The molecule has 0 atom stereocenters. The largest absolute Gasteiger partial charge is 0.492 e. The summed E-state index contributed by atoms with van der Waals surface area (Å²) in [6, 6.07) is 11.2. The van der Waals surface area contributed by atoms with Gasteiger partial charge in [0.05, 0.1) is 23.4 Å². The van der Waals surface area contributed by atoms with Gasteiger partial charge in [-0.3, -0.25) is 9.10 Å². The van der Waals surface area contributed by atoms with Crippen molar-refractivity contribution < 1.29 is 26.4 Å². The van der Waals surface area contributed by atoms with Crippen LogP contribution >= 0.6 is 15.9 Å². The number of hydrogen-bond acceptors (Lipinski definition) is 6. The van der Waals surface area contributed by atoms with Gasteiger partial charge in [0.25, 0.3) is 0 Å². The van der Waals surface area contributed by atoms with E-state index in [0.717, 1.165) is 33.4 Å². The monoisotopic (exact) mass is 573 g/mol. The molecule has 1 fully saturated rings. The van der Waals surface area contributed by atoms with Crippen molar-refractivity contribution in [1.29, 1.82) is 0 Å². The molecule has 0 unspecified atom stereocenters. The first-order valence-electron chi connectivity index (χ1n) is 10.7. The predicted molar refractivity (Wildman–Crippen MR) is 134 cm³/mol. The number of hydrogen-bond donors (Lipinski definition) is 1. The average Bonchev–Trinajstić information content (AvgIpc) is 3.33. The third-order valence-electron chi connectivity index (χ3n) is 5.34. The lowest BCUT2D eigenvalue weighted by molar-refractivity contribution is -0.119. The molecule has 1 heterocycles. The highest BCUT2D eigenvalue weighted by Crippen LogP contribution is 2.25. The van der Waals surface area contributed by atoms with Crippen LogP contribution in [0.4, 0.5) is 5.69 Å². The SMILES string of the molecule is Cc1cc(N(CC(=O)NCCOc2ccc(S(=O)(=O)N3CCCC3)cc2)S(C)(=O)=O)ccc1Br. The number of carbonyl (C=O) groups is 1. The molecule has 0 aromatic heterocycles. The summed E-state index contributed by atoms with van der Waals surface area (Å²) in [5.74, 6) is -0.000581. The van der Waals surface area contributed by atoms with Crippen LogP contribution in [-0.4, -0.2) is 66.1 Å². The molecule has 1 N–H and O–H groups in total. The van der Waals surface area contributed by atoms with E-state index in [2.05, 4.69) is 21.2 Å². The molecule has 9 nitrogen and oxygen atoms in total. The summed E-state index contributed by atoms with van der Waals surface area (Å²) in [5, 5.41) is 2.64. The number of nitrogens with one attached hydrogen (secondary N) is 1. The van der Waals surface area contributed by atoms with Gasteiger partial charge in [-0.1, -0.05) is 15.9 Å². The van der Waals surface area contributed by atoms with Gasteiger partial charge in [0, 0.05) is 17.6 Å². The maximum absolute atomic E-state index is 12.6. The summed E-state index contributed by atoms with van der Waals surface area (Å²) in [4.78, 5) is 12.6. The quantitative estimate of drug-likeness (QED) is 0.437. The Hall–Kier alpha value is -2.15. The summed E-state index contributed by atoms with van der Waals surface area (Å²) in [5.41, 5.74) is 1.25. The van der Waals surface area contributed by atoms with Crippen LogP contribution in [0.2, 0.25) is 0 Å². The molecule has 34 heavy (non-hydrogen) atoms. The Morgan fingerprint density at radius 3 is 2.32 bits per heavy atom. The Kier molecular flexibility index (Phi) is 8.61. The van der Waals surface area contributed by atoms with E-state index in [-0.39, 0.29) is 24.6 Å². The Morgan fingerprint density at radius 2 is 1.74 bits per heavy atom. The van der Waals surface area contributed by atoms with Crippen molar-refractivity contribution in [2.45, 2.75) is 24.7 Å². The van der Waals surface area contributed by atoms with Gasteiger partial charge in [0.2, 0.25) is 26.0 Å². The van der Waals surface area contributed by atoms with Gasteiger partial charge < -0.3 is 10.1 Å². The first-order valence-corrected chi connectivity index (χ1v) is 14.8. The van der Waals surface area contributed by atoms with Crippen LogP contribution in [0, 0.1) is 6.92 Å². The topological polar surface area (TPSA) is 113 Å². The number of benzene rings is 2. The normalized spacial score (nSPS) is 14.7. The van der Waals surface area contributed by atoms with Crippen molar-refractivity contribution in [2.24, 2.45) is 0 Å². The summed E-state index contributed by atoms with van der Waals surface area (Å²) in [6.45, 7) is 2.85. The second-order valence-electron chi connectivity index (χ2n) is 7.98. The Balaban J connectivity index is 1.51. The molecule has 1 aliphatic rings. The lowest BCUT2D eigenvalue weighted by atomic mass is 10.2. The number of aryl methyl sites for hydroxylation is 1. The smallest absolute Gasteiger partial charge is 0.243 e. The molecule has 186 valence electrons. The van der Waals surface area contributed by atoms with E-state index >= 15 is 0 Å². The Labute approximate surface area is 209 Å². The van der Waals surface area contributed by atoms with Crippen LogP contribution in [0.25, 0.3) is 0 Å². The predicted octanol–water partition coefficient (Wildman–Crippen LogP) is 2.50. The fourth-order valence-corrected chi connectivity index (χ4v) is 6.13. The number of rotatable bonds is 10. The summed E-state index contributed by atoms with van der Waals surface area (Å²) in [6.07, 6.45) is 2.79. The van der Waals surface area contributed by atoms with E-state index in [1.807, 2.05) is 6.92 Å². The number of sulfonamides is 2. The highest BCUT2D eigenvalue weighted by atomic mass is 79.9. The molecule has 0 aliphatic carbocycles. The minimum atomic E-state index is -3.67. The van der Waals surface area contributed by atoms with Crippen LogP contribution in [0.5, 0.6) is 5.75 Å². The first-order chi connectivity index (χ1) is 16.0. The molecule has 3 rings (SSSR count). The average molecular weight is 575 g/mol. The first kappa shape index (κ1) is 26.5. The Bertz CT molecular complexity index is 1230. The number of halogens is 1. The molecule has 0 saturated carbocycles. The number of amides is 1. The van der Waals surface area contributed by atoms with Gasteiger partial charge in [-0.05, 0) is 67.8 Å². The minimum absolute atomic E-state index is 0.139. The zero-order chi connectivity index (χ0) is 24.9.